The number of carbonyl (C=O) groups is 2. The van der Waals surface area contributed by atoms with Crippen molar-refractivity contribution in [2.45, 2.75) is 13.0 Å². The molecule has 2 rings (SSSR count). The Morgan fingerprint density at radius 1 is 1.53 bits per heavy atom. The maximum Gasteiger partial charge on any atom is 0.267 e. The average molecular weight is 231 g/mol. The maximum atomic E-state index is 11.7. The lowest BCUT2D eigenvalue weighted by Gasteiger charge is -2.30. The first-order valence-electron chi connectivity index (χ1n) is 5.29. The van der Waals surface area contributed by atoms with Gasteiger partial charge in [-0.3, -0.25) is 9.59 Å². The van der Waals surface area contributed by atoms with E-state index in [0.29, 0.717) is 17.0 Å². The van der Waals surface area contributed by atoms with E-state index in [0.717, 1.165) is 0 Å². The number of nitrogens with zero attached hydrogens (tertiary/aromatic N) is 1. The normalized spacial score (nSPS) is 18.4. The second kappa shape index (κ2) is 4.05. The molecular weight excluding hydrogens is 218 g/mol. The largest absolute Gasteiger partial charge is 0.479 e. The number of carbonyl (C=O) groups excluding carboxylic acids is 2. The predicted molar refractivity (Wildman–Crippen MR) is 64.5 cm³/mol. The molecule has 1 aliphatic heterocycles. The van der Waals surface area contributed by atoms with E-state index in [1.54, 1.807) is 32.2 Å². The first-order valence-corrected chi connectivity index (χ1v) is 5.29. The van der Waals surface area contributed by atoms with E-state index in [2.05, 4.69) is 6.58 Å². The number of hydrogen-bond donors (Lipinski definition) is 0. The molecule has 0 bridgehead atoms. The van der Waals surface area contributed by atoms with Gasteiger partial charge >= 0.3 is 0 Å². The SMILES string of the molecule is C=CC(=O)c1ccc2c(c1)N(C)C(=O)C(C)O2. The second-order valence-electron chi connectivity index (χ2n) is 3.91. The number of likely N-dealkylation sites (N-methyl/N-ethyl adjacent to an activating group) is 1. The van der Waals surface area contributed by atoms with Crippen LogP contribution in [0, 0.1) is 0 Å². The van der Waals surface area contributed by atoms with Gasteiger partial charge in [-0.1, -0.05) is 6.58 Å². The molecule has 1 atom stereocenters. The molecule has 0 aromatic heterocycles. The molecule has 1 aliphatic rings. The second-order valence-corrected chi connectivity index (χ2v) is 3.91. The molecule has 0 aliphatic carbocycles. The van der Waals surface area contributed by atoms with E-state index >= 15 is 0 Å². The Bertz CT molecular complexity index is 507. The minimum atomic E-state index is -0.492. The Morgan fingerprint density at radius 3 is 2.88 bits per heavy atom. The number of ketones is 1. The molecular formula is C13H13NO3. The van der Waals surface area contributed by atoms with Crippen molar-refractivity contribution in [2.75, 3.05) is 11.9 Å². The number of ether oxygens (including phenoxy) is 1. The van der Waals surface area contributed by atoms with E-state index in [1.165, 1.54) is 11.0 Å². The molecule has 4 nitrogen and oxygen atoms in total. The summed E-state index contributed by atoms with van der Waals surface area (Å²) in [5.41, 5.74) is 1.11. The highest BCUT2D eigenvalue weighted by atomic mass is 16.5. The topological polar surface area (TPSA) is 46.6 Å². The summed E-state index contributed by atoms with van der Waals surface area (Å²) >= 11 is 0. The van der Waals surface area contributed by atoms with Gasteiger partial charge < -0.3 is 9.64 Å². The first-order chi connectivity index (χ1) is 8.04. The molecule has 0 N–H and O–H groups in total. The van der Waals surface area contributed by atoms with E-state index in [9.17, 15) is 9.59 Å². The zero-order chi connectivity index (χ0) is 12.6. The quantitative estimate of drug-likeness (QED) is 0.576. The molecule has 1 aromatic carbocycles. The van der Waals surface area contributed by atoms with E-state index in [-0.39, 0.29) is 11.7 Å². The molecule has 0 fully saturated rings. The van der Waals surface area contributed by atoms with Crippen LogP contribution in [0.2, 0.25) is 0 Å². The Labute approximate surface area is 99.5 Å². The number of hydrogen-bond acceptors (Lipinski definition) is 3. The van der Waals surface area contributed by atoms with Gasteiger partial charge in [0.1, 0.15) is 5.75 Å². The molecule has 17 heavy (non-hydrogen) atoms. The monoisotopic (exact) mass is 231 g/mol. The van der Waals surface area contributed by atoms with Gasteiger partial charge in [0.25, 0.3) is 5.91 Å². The van der Waals surface area contributed by atoms with Crippen molar-refractivity contribution >= 4 is 17.4 Å². The van der Waals surface area contributed by atoms with Crippen LogP contribution in [0.5, 0.6) is 5.75 Å². The van der Waals surface area contributed by atoms with Crippen molar-refractivity contribution in [2.24, 2.45) is 0 Å². The van der Waals surface area contributed by atoms with Gasteiger partial charge in [0.05, 0.1) is 5.69 Å². The summed E-state index contributed by atoms with van der Waals surface area (Å²) in [5, 5.41) is 0. The fraction of sp³-hybridized carbons (Fsp3) is 0.231. The molecule has 1 heterocycles. The highest BCUT2D eigenvalue weighted by molar-refractivity contribution is 6.06. The van der Waals surface area contributed by atoms with Crippen LogP contribution in [0.3, 0.4) is 0 Å². The molecule has 1 aromatic rings. The van der Waals surface area contributed by atoms with Crippen molar-refractivity contribution in [1.29, 1.82) is 0 Å². The maximum absolute atomic E-state index is 11.7. The number of fused-ring (bicyclic) bond motifs is 1. The standard InChI is InChI=1S/C13H13NO3/c1-4-11(15)9-5-6-12-10(7-9)14(3)13(16)8(2)17-12/h4-8H,1H2,2-3H3. The zero-order valence-electron chi connectivity index (χ0n) is 9.77. The third-order valence-electron chi connectivity index (χ3n) is 2.77. The van der Waals surface area contributed by atoms with Gasteiger partial charge in [0.15, 0.2) is 11.9 Å². The van der Waals surface area contributed by atoms with Crippen LogP contribution in [0.4, 0.5) is 5.69 Å². The van der Waals surface area contributed by atoms with Crippen molar-refractivity contribution in [3.8, 4) is 5.75 Å². The van der Waals surface area contributed by atoms with Crippen LogP contribution in [0.15, 0.2) is 30.9 Å². The van der Waals surface area contributed by atoms with Crippen LogP contribution in [0.1, 0.15) is 17.3 Å². The molecule has 1 unspecified atom stereocenters. The third-order valence-corrected chi connectivity index (χ3v) is 2.77. The molecule has 0 spiro atoms. The van der Waals surface area contributed by atoms with Gasteiger partial charge in [-0.2, -0.15) is 0 Å². The van der Waals surface area contributed by atoms with Crippen LogP contribution >= 0.6 is 0 Å². The number of anilines is 1. The lowest BCUT2D eigenvalue weighted by molar-refractivity contribution is -0.125. The summed E-state index contributed by atoms with van der Waals surface area (Å²) in [6.07, 6.45) is 0.754. The summed E-state index contributed by atoms with van der Waals surface area (Å²) < 4.78 is 5.45. The first kappa shape index (κ1) is 11.4. The Kier molecular flexibility index (Phi) is 2.71. The minimum absolute atomic E-state index is 0.124. The van der Waals surface area contributed by atoms with Gasteiger partial charge in [-0.25, -0.2) is 0 Å². The smallest absolute Gasteiger partial charge is 0.267 e. The summed E-state index contributed by atoms with van der Waals surface area (Å²) in [6.45, 7) is 5.13. The molecule has 0 saturated heterocycles. The molecule has 1 amide bonds. The van der Waals surface area contributed by atoms with Crippen LogP contribution in [-0.4, -0.2) is 24.8 Å². The minimum Gasteiger partial charge on any atom is -0.479 e. The van der Waals surface area contributed by atoms with E-state index in [1.807, 2.05) is 0 Å². The number of amides is 1. The van der Waals surface area contributed by atoms with Crippen molar-refractivity contribution in [1.82, 2.24) is 0 Å². The number of benzene rings is 1. The lowest BCUT2D eigenvalue weighted by Crippen LogP contribution is -2.42. The van der Waals surface area contributed by atoms with Crippen molar-refractivity contribution in [3.63, 3.8) is 0 Å². The van der Waals surface area contributed by atoms with E-state index in [4.69, 9.17) is 4.74 Å². The van der Waals surface area contributed by atoms with Crippen LogP contribution < -0.4 is 9.64 Å². The lowest BCUT2D eigenvalue weighted by atomic mass is 10.1. The highest BCUT2D eigenvalue weighted by Gasteiger charge is 2.29. The van der Waals surface area contributed by atoms with Gasteiger partial charge in [0, 0.05) is 12.6 Å². The highest BCUT2D eigenvalue weighted by Crippen LogP contribution is 2.33. The molecule has 88 valence electrons. The zero-order valence-corrected chi connectivity index (χ0v) is 9.77. The third kappa shape index (κ3) is 1.82. The summed E-state index contributed by atoms with van der Waals surface area (Å²) in [6, 6.07) is 5.01. The molecule has 0 saturated carbocycles. The Hall–Kier alpha value is -2.10. The molecule has 0 radical (unpaired) electrons. The Balaban J connectivity index is 2.49. The van der Waals surface area contributed by atoms with Crippen molar-refractivity contribution < 1.29 is 14.3 Å². The van der Waals surface area contributed by atoms with Crippen LogP contribution in [-0.2, 0) is 4.79 Å². The summed E-state index contributed by atoms with van der Waals surface area (Å²) in [5.74, 6) is 0.313. The van der Waals surface area contributed by atoms with E-state index < -0.39 is 6.10 Å². The fourth-order valence-electron chi connectivity index (χ4n) is 1.78. The number of allylic oxidation sites excluding steroid dienone is 1. The Morgan fingerprint density at radius 2 is 2.24 bits per heavy atom. The number of rotatable bonds is 2. The summed E-state index contributed by atoms with van der Waals surface area (Å²) in [4.78, 5) is 24.7. The van der Waals surface area contributed by atoms with Gasteiger partial charge in [-0.15, -0.1) is 0 Å². The van der Waals surface area contributed by atoms with Gasteiger partial charge in [0.2, 0.25) is 0 Å². The van der Waals surface area contributed by atoms with Gasteiger partial charge in [-0.05, 0) is 31.2 Å². The van der Waals surface area contributed by atoms with Crippen LogP contribution in [0.25, 0.3) is 0 Å². The molecule has 4 heteroatoms. The predicted octanol–water partition coefficient (Wildman–Crippen LogP) is 1.80. The average Bonchev–Trinajstić information content (AvgIpc) is 2.35. The fourth-order valence-corrected chi connectivity index (χ4v) is 1.78. The van der Waals surface area contributed by atoms with Crippen molar-refractivity contribution in [3.05, 3.63) is 36.4 Å². The summed E-state index contributed by atoms with van der Waals surface area (Å²) in [7, 11) is 1.67.